The Morgan fingerprint density at radius 3 is 2.88 bits per heavy atom. The van der Waals surface area contributed by atoms with E-state index in [4.69, 9.17) is 10.5 Å². The number of carbonyl (C=O) groups excluding carboxylic acids is 1. The Balaban J connectivity index is 1.91. The smallest absolute Gasteiger partial charge is 0.271 e. The van der Waals surface area contributed by atoms with Crippen molar-refractivity contribution < 1.29 is 9.53 Å². The molecule has 3 N–H and O–H groups in total. The third kappa shape index (κ3) is 2.91. The molecular formula is C11H16N4O2. The van der Waals surface area contributed by atoms with Crippen molar-refractivity contribution >= 4 is 11.7 Å². The van der Waals surface area contributed by atoms with Crippen molar-refractivity contribution in [1.29, 1.82) is 0 Å². The van der Waals surface area contributed by atoms with Crippen LogP contribution in [0.2, 0.25) is 0 Å². The third-order valence-corrected chi connectivity index (χ3v) is 2.96. The number of methoxy groups -OCH3 is 1. The predicted molar refractivity (Wildman–Crippen MR) is 62.3 cm³/mol. The lowest BCUT2D eigenvalue weighted by molar-refractivity contribution is 0.0910. The van der Waals surface area contributed by atoms with E-state index in [2.05, 4.69) is 15.3 Å². The van der Waals surface area contributed by atoms with Gasteiger partial charge in [-0.15, -0.1) is 0 Å². The molecule has 0 bridgehead atoms. The van der Waals surface area contributed by atoms with Crippen LogP contribution in [0.4, 0.5) is 5.82 Å². The molecule has 1 fully saturated rings. The monoisotopic (exact) mass is 236 g/mol. The lowest BCUT2D eigenvalue weighted by atomic mass is 10.2. The van der Waals surface area contributed by atoms with Crippen molar-refractivity contribution in [1.82, 2.24) is 15.3 Å². The molecule has 1 aromatic rings. The first-order valence-corrected chi connectivity index (χ1v) is 5.60. The van der Waals surface area contributed by atoms with Gasteiger partial charge in [-0.3, -0.25) is 4.79 Å². The normalized spacial score (nSPS) is 23.6. The summed E-state index contributed by atoms with van der Waals surface area (Å²) in [6.07, 6.45) is 5.78. The highest BCUT2D eigenvalue weighted by atomic mass is 16.5. The quantitative estimate of drug-likeness (QED) is 0.790. The Morgan fingerprint density at radius 2 is 2.29 bits per heavy atom. The second-order valence-electron chi connectivity index (χ2n) is 4.17. The molecule has 1 aliphatic carbocycles. The molecule has 0 spiro atoms. The van der Waals surface area contributed by atoms with Gasteiger partial charge in [-0.2, -0.15) is 0 Å². The van der Waals surface area contributed by atoms with Gasteiger partial charge >= 0.3 is 0 Å². The van der Waals surface area contributed by atoms with E-state index in [1.807, 2.05) is 0 Å². The number of amides is 1. The van der Waals surface area contributed by atoms with Gasteiger partial charge < -0.3 is 15.8 Å². The van der Waals surface area contributed by atoms with E-state index in [1.165, 1.54) is 12.4 Å². The molecule has 0 saturated heterocycles. The van der Waals surface area contributed by atoms with Crippen LogP contribution in [0, 0.1) is 0 Å². The predicted octanol–water partition coefficient (Wildman–Crippen LogP) is 0.356. The fourth-order valence-corrected chi connectivity index (χ4v) is 2.00. The summed E-state index contributed by atoms with van der Waals surface area (Å²) < 4.78 is 5.25. The van der Waals surface area contributed by atoms with Crippen LogP contribution in [-0.2, 0) is 4.74 Å². The second-order valence-corrected chi connectivity index (χ2v) is 4.17. The number of hydrogen-bond acceptors (Lipinski definition) is 5. The minimum atomic E-state index is -0.209. The Labute approximate surface area is 99.6 Å². The lowest BCUT2D eigenvalue weighted by Gasteiger charge is -2.12. The highest BCUT2D eigenvalue weighted by Gasteiger charge is 2.26. The molecule has 0 aromatic carbocycles. The number of anilines is 1. The molecule has 1 aromatic heterocycles. The van der Waals surface area contributed by atoms with E-state index in [0.717, 1.165) is 19.3 Å². The van der Waals surface area contributed by atoms with Crippen LogP contribution in [0.25, 0.3) is 0 Å². The zero-order chi connectivity index (χ0) is 12.3. The van der Waals surface area contributed by atoms with E-state index >= 15 is 0 Å². The molecule has 92 valence electrons. The highest BCUT2D eigenvalue weighted by molar-refractivity contribution is 5.92. The third-order valence-electron chi connectivity index (χ3n) is 2.96. The first-order valence-electron chi connectivity index (χ1n) is 5.60. The molecule has 6 heteroatoms. The topological polar surface area (TPSA) is 90.1 Å². The summed E-state index contributed by atoms with van der Waals surface area (Å²) in [5.41, 5.74) is 5.70. The number of carbonyl (C=O) groups is 1. The summed E-state index contributed by atoms with van der Waals surface area (Å²) in [6.45, 7) is 0. The van der Waals surface area contributed by atoms with Gasteiger partial charge in [0.05, 0.1) is 18.5 Å². The fourth-order valence-electron chi connectivity index (χ4n) is 2.00. The molecule has 2 unspecified atom stereocenters. The van der Waals surface area contributed by atoms with Gasteiger partial charge in [-0.05, 0) is 19.3 Å². The van der Waals surface area contributed by atoms with Gasteiger partial charge in [0.2, 0.25) is 0 Å². The van der Waals surface area contributed by atoms with Gasteiger partial charge in [0.1, 0.15) is 11.5 Å². The van der Waals surface area contributed by atoms with Crippen LogP contribution in [0.3, 0.4) is 0 Å². The summed E-state index contributed by atoms with van der Waals surface area (Å²) in [4.78, 5) is 19.6. The molecule has 2 rings (SSSR count). The Bertz CT molecular complexity index is 393. The lowest BCUT2D eigenvalue weighted by Crippen LogP contribution is -2.34. The SMILES string of the molecule is COC1CCC(NC(=O)c2cnc(N)cn2)C1. The zero-order valence-electron chi connectivity index (χ0n) is 9.72. The maximum Gasteiger partial charge on any atom is 0.271 e. The van der Waals surface area contributed by atoms with Crippen molar-refractivity contribution in [2.24, 2.45) is 0 Å². The fraction of sp³-hybridized carbons (Fsp3) is 0.545. The molecule has 1 amide bonds. The van der Waals surface area contributed by atoms with Gasteiger partial charge in [0.15, 0.2) is 0 Å². The number of aromatic nitrogens is 2. The Morgan fingerprint density at radius 1 is 1.47 bits per heavy atom. The van der Waals surface area contributed by atoms with Crippen LogP contribution in [0.15, 0.2) is 12.4 Å². The first-order chi connectivity index (χ1) is 8.19. The minimum absolute atomic E-state index is 0.159. The van der Waals surface area contributed by atoms with Crippen molar-refractivity contribution in [3.8, 4) is 0 Å². The molecule has 0 aliphatic heterocycles. The van der Waals surface area contributed by atoms with E-state index in [9.17, 15) is 4.79 Å². The number of ether oxygens (including phenoxy) is 1. The average Bonchev–Trinajstić information content (AvgIpc) is 2.77. The van der Waals surface area contributed by atoms with Gasteiger partial charge in [0, 0.05) is 13.2 Å². The molecule has 2 atom stereocenters. The number of hydrogen-bond donors (Lipinski definition) is 2. The molecular weight excluding hydrogens is 220 g/mol. The summed E-state index contributed by atoms with van der Waals surface area (Å²) in [5.74, 6) is 0.0983. The molecule has 17 heavy (non-hydrogen) atoms. The van der Waals surface area contributed by atoms with Crippen LogP contribution in [0.5, 0.6) is 0 Å². The van der Waals surface area contributed by atoms with Gasteiger partial charge in [-0.1, -0.05) is 0 Å². The van der Waals surface area contributed by atoms with E-state index in [-0.39, 0.29) is 18.1 Å². The maximum atomic E-state index is 11.8. The van der Waals surface area contributed by atoms with Gasteiger partial charge in [0.25, 0.3) is 5.91 Å². The minimum Gasteiger partial charge on any atom is -0.382 e. The maximum absolute atomic E-state index is 11.8. The van der Waals surface area contributed by atoms with Crippen molar-refractivity contribution in [2.75, 3.05) is 12.8 Å². The summed E-state index contributed by atoms with van der Waals surface area (Å²) in [5, 5.41) is 2.92. The number of nitrogen functional groups attached to an aromatic ring is 1. The Kier molecular flexibility index (Phi) is 3.53. The van der Waals surface area contributed by atoms with Crippen LogP contribution < -0.4 is 11.1 Å². The van der Waals surface area contributed by atoms with Crippen molar-refractivity contribution in [3.63, 3.8) is 0 Å². The highest BCUT2D eigenvalue weighted by Crippen LogP contribution is 2.21. The number of nitrogens with one attached hydrogen (secondary N) is 1. The standard InChI is InChI=1S/C11H16N4O2/c1-17-8-3-2-7(4-8)15-11(16)9-5-14-10(12)6-13-9/h5-8H,2-4H2,1H3,(H2,12,14)(H,15,16). The number of nitrogens with zero attached hydrogens (tertiary/aromatic N) is 2. The Hall–Kier alpha value is -1.69. The van der Waals surface area contributed by atoms with Crippen LogP contribution in [-0.4, -0.2) is 35.1 Å². The molecule has 6 nitrogen and oxygen atoms in total. The summed E-state index contributed by atoms with van der Waals surface area (Å²) >= 11 is 0. The van der Waals surface area contributed by atoms with E-state index < -0.39 is 0 Å². The van der Waals surface area contributed by atoms with Crippen molar-refractivity contribution in [3.05, 3.63) is 18.1 Å². The van der Waals surface area contributed by atoms with Gasteiger partial charge in [-0.25, -0.2) is 9.97 Å². The largest absolute Gasteiger partial charge is 0.382 e. The van der Waals surface area contributed by atoms with E-state index in [1.54, 1.807) is 7.11 Å². The van der Waals surface area contributed by atoms with Crippen molar-refractivity contribution in [2.45, 2.75) is 31.4 Å². The van der Waals surface area contributed by atoms with Crippen LogP contribution >= 0.6 is 0 Å². The molecule has 0 radical (unpaired) electrons. The first kappa shape index (κ1) is 11.8. The summed E-state index contributed by atoms with van der Waals surface area (Å²) in [6, 6.07) is 0.159. The summed E-state index contributed by atoms with van der Waals surface area (Å²) in [7, 11) is 1.69. The zero-order valence-corrected chi connectivity index (χ0v) is 9.72. The number of nitrogens with two attached hydrogens (primary N) is 1. The molecule has 1 aliphatic rings. The number of rotatable bonds is 3. The molecule has 1 heterocycles. The average molecular weight is 236 g/mol. The van der Waals surface area contributed by atoms with Crippen LogP contribution in [0.1, 0.15) is 29.8 Å². The van der Waals surface area contributed by atoms with E-state index in [0.29, 0.717) is 11.5 Å². The second kappa shape index (κ2) is 5.09. The molecule has 1 saturated carbocycles.